The summed E-state index contributed by atoms with van der Waals surface area (Å²) in [4.78, 5) is 4.07. The molecule has 0 saturated carbocycles. The van der Waals surface area contributed by atoms with Crippen molar-refractivity contribution in [2.75, 3.05) is 6.54 Å². The third-order valence-electron chi connectivity index (χ3n) is 2.52. The highest BCUT2D eigenvalue weighted by atomic mass is 19.2. The van der Waals surface area contributed by atoms with E-state index < -0.39 is 11.6 Å². The number of halogens is 2. The van der Waals surface area contributed by atoms with Gasteiger partial charge in [0, 0.05) is 32.1 Å². The van der Waals surface area contributed by atoms with Crippen molar-refractivity contribution in [3.8, 4) is 0 Å². The number of hydrogen-bond donors (Lipinski definition) is 1. The van der Waals surface area contributed by atoms with E-state index in [9.17, 15) is 8.78 Å². The minimum atomic E-state index is -0.819. The van der Waals surface area contributed by atoms with E-state index in [-0.39, 0.29) is 6.54 Å². The zero-order valence-electron chi connectivity index (χ0n) is 10.0. The molecule has 0 fully saturated rings. The molecule has 0 spiro atoms. The molecule has 0 aliphatic heterocycles. The molecule has 0 aliphatic carbocycles. The zero-order valence-corrected chi connectivity index (χ0v) is 10.0. The molecule has 96 valence electrons. The maximum absolute atomic E-state index is 13.3. The molecule has 0 aliphatic rings. The predicted molar refractivity (Wildman–Crippen MR) is 62.8 cm³/mol. The van der Waals surface area contributed by atoms with Crippen LogP contribution < -0.4 is 5.32 Å². The second-order valence-corrected chi connectivity index (χ2v) is 3.97. The number of aryl methyl sites for hydroxylation is 1. The van der Waals surface area contributed by atoms with Gasteiger partial charge in [-0.15, -0.1) is 0 Å². The first kappa shape index (κ1) is 12.6. The summed E-state index contributed by atoms with van der Waals surface area (Å²) < 4.78 is 27.9. The molecular formula is C12H14F2N4. The Kier molecular flexibility index (Phi) is 3.99. The SMILES string of the molecule is Cn1cnc(CCNCc2cccc(F)c2F)n1. The molecule has 2 rings (SSSR count). The summed E-state index contributed by atoms with van der Waals surface area (Å²) in [6.07, 6.45) is 2.28. The van der Waals surface area contributed by atoms with Crippen LogP contribution in [0, 0.1) is 11.6 Å². The Hall–Kier alpha value is -1.82. The van der Waals surface area contributed by atoms with Gasteiger partial charge in [0.05, 0.1) is 0 Å². The first-order valence-electron chi connectivity index (χ1n) is 5.65. The van der Waals surface area contributed by atoms with Gasteiger partial charge in [0.2, 0.25) is 0 Å². The van der Waals surface area contributed by atoms with Crippen LogP contribution in [0.25, 0.3) is 0 Å². The third kappa shape index (κ3) is 3.10. The molecule has 1 aromatic carbocycles. The van der Waals surface area contributed by atoms with Gasteiger partial charge in [-0.25, -0.2) is 13.8 Å². The Bertz CT molecular complexity index is 525. The summed E-state index contributed by atoms with van der Waals surface area (Å²) in [6, 6.07) is 4.16. The van der Waals surface area contributed by atoms with Crippen LogP contribution in [-0.2, 0) is 20.0 Å². The number of nitrogens with zero attached hydrogens (tertiary/aromatic N) is 3. The van der Waals surface area contributed by atoms with Crippen LogP contribution in [0.3, 0.4) is 0 Å². The Morgan fingerprint density at radius 1 is 1.33 bits per heavy atom. The van der Waals surface area contributed by atoms with Crippen LogP contribution in [-0.4, -0.2) is 21.3 Å². The summed E-state index contributed by atoms with van der Waals surface area (Å²) in [5, 5.41) is 7.15. The molecule has 0 bridgehead atoms. The molecule has 1 aromatic heterocycles. The Morgan fingerprint density at radius 3 is 2.89 bits per heavy atom. The van der Waals surface area contributed by atoms with Gasteiger partial charge in [0.1, 0.15) is 6.33 Å². The molecule has 0 amide bonds. The Morgan fingerprint density at radius 2 is 2.17 bits per heavy atom. The fourth-order valence-corrected chi connectivity index (χ4v) is 1.61. The lowest BCUT2D eigenvalue weighted by Crippen LogP contribution is -2.18. The van der Waals surface area contributed by atoms with E-state index in [1.165, 1.54) is 6.07 Å². The third-order valence-corrected chi connectivity index (χ3v) is 2.52. The molecule has 0 saturated heterocycles. The van der Waals surface area contributed by atoms with Crippen LogP contribution in [0.5, 0.6) is 0 Å². The van der Waals surface area contributed by atoms with Crippen molar-refractivity contribution >= 4 is 0 Å². The summed E-state index contributed by atoms with van der Waals surface area (Å²) in [5.41, 5.74) is 0.323. The van der Waals surface area contributed by atoms with Crippen molar-refractivity contribution in [2.45, 2.75) is 13.0 Å². The van der Waals surface area contributed by atoms with Crippen molar-refractivity contribution in [3.05, 3.63) is 47.5 Å². The van der Waals surface area contributed by atoms with Gasteiger partial charge in [0.25, 0.3) is 0 Å². The number of hydrogen-bond acceptors (Lipinski definition) is 3. The van der Waals surface area contributed by atoms with Crippen LogP contribution in [0.15, 0.2) is 24.5 Å². The monoisotopic (exact) mass is 252 g/mol. The Labute approximate surface area is 104 Å². The van der Waals surface area contributed by atoms with E-state index in [1.807, 2.05) is 0 Å². The van der Waals surface area contributed by atoms with Crippen LogP contribution in [0.2, 0.25) is 0 Å². The Balaban J connectivity index is 1.80. The fourth-order valence-electron chi connectivity index (χ4n) is 1.61. The highest BCUT2D eigenvalue weighted by molar-refractivity contribution is 5.18. The van der Waals surface area contributed by atoms with E-state index in [2.05, 4.69) is 15.4 Å². The maximum atomic E-state index is 13.3. The van der Waals surface area contributed by atoms with Gasteiger partial charge in [-0.1, -0.05) is 12.1 Å². The number of benzene rings is 1. The minimum absolute atomic E-state index is 0.288. The molecule has 1 N–H and O–H groups in total. The first-order chi connectivity index (χ1) is 8.66. The quantitative estimate of drug-likeness (QED) is 0.818. The summed E-state index contributed by atoms with van der Waals surface area (Å²) in [6.45, 7) is 0.899. The molecule has 1 heterocycles. The predicted octanol–water partition coefficient (Wildman–Crippen LogP) is 1.43. The largest absolute Gasteiger partial charge is 0.312 e. The molecule has 18 heavy (non-hydrogen) atoms. The first-order valence-corrected chi connectivity index (χ1v) is 5.65. The average Bonchev–Trinajstić information content (AvgIpc) is 2.76. The van der Waals surface area contributed by atoms with E-state index in [0.29, 0.717) is 18.5 Å². The van der Waals surface area contributed by atoms with Crippen molar-refractivity contribution < 1.29 is 8.78 Å². The summed E-state index contributed by atoms with van der Waals surface area (Å²) in [5.74, 6) is -0.883. The van der Waals surface area contributed by atoms with E-state index >= 15 is 0 Å². The lowest BCUT2D eigenvalue weighted by atomic mass is 10.2. The molecule has 6 heteroatoms. The topological polar surface area (TPSA) is 42.7 Å². The van der Waals surface area contributed by atoms with Crippen LogP contribution >= 0.6 is 0 Å². The van der Waals surface area contributed by atoms with E-state index in [1.54, 1.807) is 24.1 Å². The second kappa shape index (κ2) is 5.68. The molecule has 2 aromatic rings. The smallest absolute Gasteiger partial charge is 0.163 e. The van der Waals surface area contributed by atoms with Crippen LogP contribution in [0.1, 0.15) is 11.4 Å². The van der Waals surface area contributed by atoms with Crippen molar-refractivity contribution in [1.29, 1.82) is 0 Å². The van der Waals surface area contributed by atoms with Gasteiger partial charge in [0.15, 0.2) is 17.5 Å². The van der Waals surface area contributed by atoms with Gasteiger partial charge >= 0.3 is 0 Å². The van der Waals surface area contributed by atoms with Crippen molar-refractivity contribution in [1.82, 2.24) is 20.1 Å². The maximum Gasteiger partial charge on any atom is 0.163 e. The highest BCUT2D eigenvalue weighted by Crippen LogP contribution is 2.10. The molecule has 4 nitrogen and oxygen atoms in total. The average molecular weight is 252 g/mol. The lowest BCUT2D eigenvalue weighted by Gasteiger charge is -2.05. The molecule has 0 unspecified atom stereocenters. The lowest BCUT2D eigenvalue weighted by molar-refractivity contribution is 0.492. The van der Waals surface area contributed by atoms with Crippen molar-refractivity contribution in [2.24, 2.45) is 7.05 Å². The fraction of sp³-hybridized carbons (Fsp3) is 0.333. The minimum Gasteiger partial charge on any atom is -0.312 e. The number of rotatable bonds is 5. The standard InChI is InChI=1S/C12H14F2N4/c1-18-8-16-11(17-18)5-6-15-7-9-3-2-4-10(13)12(9)14/h2-4,8,15H,5-7H2,1H3. The number of nitrogens with one attached hydrogen (secondary N) is 1. The molecular weight excluding hydrogens is 238 g/mol. The molecule has 0 atom stereocenters. The van der Waals surface area contributed by atoms with Crippen LogP contribution in [0.4, 0.5) is 8.78 Å². The van der Waals surface area contributed by atoms with E-state index in [4.69, 9.17) is 0 Å². The second-order valence-electron chi connectivity index (χ2n) is 3.97. The normalized spacial score (nSPS) is 10.8. The summed E-state index contributed by atoms with van der Waals surface area (Å²) in [7, 11) is 1.80. The van der Waals surface area contributed by atoms with Gasteiger partial charge in [-0.3, -0.25) is 4.68 Å². The van der Waals surface area contributed by atoms with E-state index in [0.717, 1.165) is 11.9 Å². The number of aromatic nitrogens is 3. The zero-order chi connectivity index (χ0) is 13.0. The van der Waals surface area contributed by atoms with Crippen molar-refractivity contribution in [3.63, 3.8) is 0 Å². The summed E-state index contributed by atoms with van der Waals surface area (Å²) >= 11 is 0. The molecule has 0 radical (unpaired) electrons. The highest BCUT2D eigenvalue weighted by Gasteiger charge is 2.06. The van der Waals surface area contributed by atoms with Gasteiger partial charge in [-0.2, -0.15) is 5.10 Å². The van der Waals surface area contributed by atoms with Gasteiger partial charge in [-0.05, 0) is 6.07 Å². The van der Waals surface area contributed by atoms with Gasteiger partial charge < -0.3 is 5.32 Å².